The second-order valence-corrected chi connectivity index (χ2v) is 4.61. The fraction of sp³-hybridized carbons (Fsp3) is 0.250. The van der Waals surface area contributed by atoms with E-state index in [0.717, 1.165) is 17.1 Å². The number of nitrogens with two attached hydrogens (primary N) is 1. The molecule has 0 bridgehead atoms. The van der Waals surface area contributed by atoms with Crippen molar-refractivity contribution in [1.82, 2.24) is 0 Å². The summed E-state index contributed by atoms with van der Waals surface area (Å²) in [6, 6.07) is 11.2. The monoisotopic (exact) mass is 287 g/mol. The van der Waals surface area contributed by atoms with E-state index in [9.17, 15) is 0 Å². The van der Waals surface area contributed by atoms with Gasteiger partial charge in [0.25, 0.3) is 0 Å². The molecule has 0 unspecified atom stereocenters. The minimum atomic E-state index is 0.273. The van der Waals surface area contributed by atoms with E-state index in [0.29, 0.717) is 30.4 Å². The minimum Gasteiger partial charge on any atom is -0.492 e. The number of ether oxygens (including phenoxy) is 4. The molecule has 0 aromatic heterocycles. The number of anilines is 1. The number of fused-ring (bicyclic) bond motifs is 1. The summed E-state index contributed by atoms with van der Waals surface area (Å²) in [6.07, 6.45) is 0. The number of nitrogen functional groups attached to an aromatic ring is 1. The summed E-state index contributed by atoms with van der Waals surface area (Å²) in [5.41, 5.74) is 7.45. The van der Waals surface area contributed by atoms with E-state index in [4.69, 9.17) is 24.7 Å². The third-order valence-corrected chi connectivity index (χ3v) is 3.13. The van der Waals surface area contributed by atoms with Crippen molar-refractivity contribution >= 4 is 5.69 Å². The standard InChI is InChI=1S/C16H17NO4/c1-2-18-15-8-12(4-5-13(15)17)19-9-11-3-6-14-16(7-11)21-10-20-14/h3-8H,2,9-10,17H2,1H3. The zero-order chi connectivity index (χ0) is 14.7. The van der Waals surface area contributed by atoms with Gasteiger partial charge in [-0.2, -0.15) is 0 Å². The number of hydrogen-bond donors (Lipinski definition) is 1. The maximum atomic E-state index is 5.83. The number of rotatable bonds is 5. The van der Waals surface area contributed by atoms with Gasteiger partial charge in [0.1, 0.15) is 18.1 Å². The van der Waals surface area contributed by atoms with Gasteiger partial charge in [0.15, 0.2) is 11.5 Å². The first-order valence-corrected chi connectivity index (χ1v) is 6.80. The smallest absolute Gasteiger partial charge is 0.231 e. The van der Waals surface area contributed by atoms with Crippen molar-refractivity contribution in [2.45, 2.75) is 13.5 Å². The van der Waals surface area contributed by atoms with Crippen LogP contribution in [0.15, 0.2) is 36.4 Å². The molecule has 0 aliphatic carbocycles. The molecule has 21 heavy (non-hydrogen) atoms. The third-order valence-electron chi connectivity index (χ3n) is 3.13. The van der Waals surface area contributed by atoms with E-state index in [1.165, 1.54) is 0 Å². The molecule has 0 atom stereocenters. The Morgan fingerprint density at radius 2 is 1.90 bits per heavy atom. The molecule has 0 amide bonds. The molecule has 110 valence electrons. The van der Waals surface area contributed by atoms with Crippen molar-refractivity contribution in [3.63, 3.8) is 0 Å². The first-order valence-electron chi connectivity index (χ1n) is 6.80. The molecule has 2 N–H and O–H groups in total. The fourth-order valence-corrected chi connectivity index (χ4v) is 2.08. The molecule has 1 heterocycles. The van der Waals surface area contributed by atoms with Crippen LogP contribution >= 0.6 is 0 Å². The summed E-state index contributed by atoms with van der Waals surface area (Å²) in [5.74, 6) is 2.87. The highest BCUT2D eigenvalue weighted by molar-refractivity contribution is 5.55. The average Bonchev–Trinajstić information content (AvgIpc) is 2.96. The summed E-state index contributed by atoms with van der Waals surface area (Å²) in [5, 5.41) is 0. The van der Waals surface area contributed by atoms with Crippen LogP contribution in [0.3, 0.4) is 0 Å². The summed E-state index contributed by atoms with van der Waals surface area (Å²) >= 11 is 0. The molecule has 0 spiro atoms. The van der Waals surface area contributed by atoms with Crippen molar-refractivity contribution in [3.05, 3.63) is 42.0 Å². The highest BCUT2D eigenvalue weighted by Crippen LogP contribution is 2.33. The minimum absolute atomic E-state index is 0.273. The lowest BCUT2D eigenvalue weighted by Gasteiger charge is -2.11. The van der Waals surface area contributed by atoms with Gasteiger partial charge >= 0.3 is 0 Å². The van der Waals surface area contributed by atoms with Crippen LogP contribution < -0.4 is 24.7 Å². The first kappa shape index (κ1) is 13.4. The molecule has 5 nitrogen and oxygen atoms in total. The van der Waals surface area contributed by atoms with E-state index in [1.807, 2.05) is 31.2 Å². The Morgan fingerprint density at radius 1 is 1.05 bits per heavy atom. The fourth-order valence-electron chi connectivity index (χ4n) is 2.08. The quantitative estimate of drug-likeness (QED) is 0.857. The number of hydrogen-bond acceptors (Lipinski definition) is 5. The predicted octanol–water partition coefficient (Wildman–Crippen LogP) is 2.98. The van der Waals surface area contributed by atoms with Gasteiger partial charge in [-0.1, -0.05) is 6.07 Å². The van der Waals surface area contributed by atoms with Crippen LogP contribution in [0.5, 0.6) is 23.0 Å². The van der Waals surface area contributed by atoms with Crippen LogP contribution in [-0.2, 0) is 6.61 Å². The lowest BCUT2D eigenvalue weighted by molar-refractivity contribution is 0.174. The van der Waals surface area contributed by atoms with Crippen LogP contribution in [0.25, 0.3) is 0 Å². The molecule has 3 rings (SSSR count). The Morgan fingerprint density at radius 3 is 2.76 bits per heavy atom. The van der Waals surface area contributed by atoms with E-state index in [-0.39, 0.29) is 6.79 Å². The molecule has 5 heteroatoms. The van der Waals surface area contributed by atoms with Gasteiger partial charge in [0, 0.05) is 6.07 Å². The van der Waals surface area contributed by atoms with Crippen LogP contribution in [0.2, 0.25) is 0 Å². The van der Waals surface area contributed by atoms with Crippen LogP contribution in [0.4, 0.5) is 5.69 Å². The Hall–Kier alpha value is -2.56. The van der Waals surface area contributed by atoms with Gasteiger partial charge in [-0.15, -0.1) is 0 Å². The second-order valence-electron chi connectivity index (χ2n) is 4.61. The number of benzene rings is 2. The Balaban J connectivity index is 1.68. The third kappa shape index (κ3) is 2.97. The van der Waals surface area contributed by atoms with Crippen molar-refractivity contribution in [2.24, 2.45) is 0 Å². The summed E-state index contributed by atoms with van der Waals surface area (Å²) in [6.45, 7) is 3.19. The SMILES string of the molecule is CCOc1cc(OCc2ccc3c(c2)OCO3)ccc1N. The molecule has 0 saturated heterocycles. The van der Waals surface area contributed by atoms with Gasteiger partial charge in [-0.25, -0.2) is 0 Å². The highest BCUT2D eigenvalue weighted by Gasteiger charge is 2.13. The maximum absolute atomic E-state index is 5.83. The Bertz CT molecular complexity index is 642. The van der Waals surface area contributed by atoms with Crippen LogP contribution in [0, 0.1) is 0 Å². The first-order chi connectivity index (χ1) is 10.3. The molecule has 1 aliphatic heterocycles. The molecule has 0 radical (unpaired) electrons. The van der Waals surface area contributed by atoms with E-state index >= 15 is 0 Å². The van der Waals surface area contributed by atoms with Gasteiger partial charge in [0.05, 0.1) is 12.3 Å². The molecule has 2 aromatic carbocycles. The highest BCUT2D eigenvalue weighted by atomic mass is 16.7. The Labute approximate surface area is 123 Å². The Kier molecular flexibility index (Phi) is 3.73. The lowest BCUT2D eigenvalue weighted by Crippen LogP contribution is -1.99. The van der Waals surface area contributed by atoms with Gasteiger partial charge in [-0.3, -0.25) is 0 Å². The van der Waals surface area contributed by atoms with E-state index in [2.05, 4.69) is 0 Å². The summed E-state index contributed by atoms with van der Waals surface area (Å²) < 4.78 is 21.8. The average molecular weight is 287 g/mol. The maximum Gasteiger partial charge on any atom is 0.231 e. The van der Waals surface area contributed by atoms with Crippen molar-refractivity contribution in [1.29, 1.82) is 0 Å². The molecular weight excluding hydrogens is 270 g/mol. The zero-order valence-corrected chi connectivity index (χ0v) is 11.8. The second kappa shape index (κ2) is 5.83. The van der Waals surface area contributed by atoms with Gasteiger partial charge in [-0.05, 0) is 36.8 Å². The van der Waals surface area contributed by atoms with Crippen molar-refractivity contribution in [2.75, 3.05) is 19.1 Å². The van der Waals surface area contributed by atoms with Crippen molar-refractivity contribution < 1.29 is 18.9 Å². The largest absolute Gasteiger partial charge is 0.492 e. The van der Waals surface area contributed by atoms with Crippen molar-refractivity contribution in [3.8, 4) is 23.0 Å². The normalized spacial score (nSPS) is 12.2. The summed E-state index contributed by atoms with van der Waals surface area (Å²) in [4.78, 5) is 0. The van der Waals surface area contributed by atoms with Gasteiger partial charge in [0.2, 0.25) is 6.79 Å². The molecule has 1 aliphatic rings. The van der Waals surface area contributed by atoms with E-state index < -0.39 is 0 Å². The molecular formula is C16H17NO4. The zero-order valence-electron chi connectivity index (χ0n) is 11.8. The summed E-state index contributed by atoms with van der Waals surface area (Å²) in [7, 11) is 0. The molecule has 2 aromatic rings. The topological polar surface area (TPSA) is 62.9 Å². The molecule has 0 fully saturated rings. The lowest BCUT2D eigenvalue weighted by atomic mass is 10.2. The van der Waals surface area contributed by atoms with Crippen LogP contribution in [-0.4, -0.2) is 13.4 Å². The van der Waals surface area contributed by atoms with E-state index in [1.54, 1.807) is 12.1 Å². The van der Waals surface area contributed by atoms with Crippen LogP contribution in [0.1, 0.15) is 12.5 Å². The molecule has 0 saturated carbocycles. The predicted molar refractivity (Wildman–Crippen MR) is 78.9 cm³/mol. The van der Waals surface area contributed by atoms with Gasteiger partial charge < -0.3 is 24.7 Å².